The van der Waals surface area contributed by atoms with Gasteiger partial charge in [-0.15, -0.1) is 0 Å². The van der Waals surface area contributed by atoms with Gasteiger partial charge in [-0.25, -0.2) is 0 Å². The normalized spacial score (nSPS) is 17.3. The summed E-state index contributed by atoms with van der Waals surface area (Å²) in [6.07, 6.45) is 2.17. The minimum atomic E-state index is -0.618. The largest absolute Gasteiger partial charge is 0.503 e. The molecule has 0 fully saturated rings. The second-order valence-corrected chi connectivity index (χ2v) is 7.19. The molecule has 1 aliphatic heterocycles. The number of aryl methyl sites for hydroxylation is 1. The van der Waals surface area contributed by atoms with Crippen molar-refractivity contribution < 1.29 is 24.0 Å². The maximum absolute atomic E-state index is 12.9. The van der Waals surface area contributed by atoms with Crippen LogP contribution in [0.1, 0.15) is 34.1 Å². The zero-order valence-electron chi connectivity index (χ0n) is 15.9. The molecule has 0 unspecified atom stereocenters. The molecule has 0 aliphatic carbocycles. The summed E-state index contributed by atoms with van der Waals surface area (Å²) in [6.45, 7) is 3.32. The summed E-state index contributed by atoms with van der Waals surface area (Å²) in [6, 6.07) is 10.2. The molecule has 0 saturated heterocycles. The standard InChI is InChI=1S/C21H24N2O4/c1-14-7-9-15(10-8-14)18-17(19(24)16-6-4-13-27-16)20(25)21(26)23(18)12-5-11-22(2)3/h4,6-10,13,18,25H,5,11-12H2,1-3H3/p+1/t18-/m0/s1. The number of carbonyl (C=O) groups excluding carboxylic acids is 2. The molecule has 1 amide bonds. The summed E-state index contributed by atoms with van der Waals surface area (Å²) >= 11 is 0. The van der Waals surface area contributed by atoms with Gasteiger partial charge in [0.1, 0.15) is 0 Å². The summed E-state index contributed by atoms with van der Waals surface area (Å²) < 4.78 is 5.21. The average Bonchev–Trinajstić information content (AvgIpc) is 3.25. The number of amides is 1. The first-order chi connectivity index (χ1) is 12.9. The zero-order valence-corrected chi connectivity index (χ0v) is 15.9. The highest BCUT2D eigenvalue weighted by Gasteiger charge is 2.44. The van der Waals surface area contributed by atoms with E-state index in [0.717, 1.165) is 24.1 Å². The SMILES string of the molecule is Cc1ccc([C@H]2C(C(=O)c3ccco3)=C(O)C(=O)N2CCC[NH+](C)C)cc1. The third-order valence-electron chi connectivity index (χ3n) is 4.76. The van der Waals surface area contributed by atoms with E-state index in [0.29, 0.717) is 6.54 Å². The van der Waals surface area contributed by atoms with Crippen LogP contribution in [0.3, 0.4) is 0 Å². The molecule has 27 heavy (non-hydrogen) atoms. The molecule has 0 spiro atoms. The minimum absolute atomic E-state index is 0.0796. The van der Waals surface area contributed by atoms with E-state index in [1.54, 1.807) is 11.0 Å². The van der Waals surface area contributed by atoms with Gasteiger partial charge >= 0.3 is 0 Å². The number of nitrogens with zero attached hydrogens (tertiary/aromatic N) is 1. The van der Waals surface area contributed by atoms with Crippen molar-refractivity contribution in [3.05, 3.63) is 70.9 Å². The number of carbonyl (C=O) groups is 2. The Hall–Kier alpha value is -2.86. The first kappa shape index (κ1) is 18.9. The van der Waals surface area contributed by atoms with E-state index in [1.807, 2.05) is 45.3 Å². The van der Waals surface area contributed by atoms with E-state index in [1.165, 1.54) is 17.2 Å². The molecule has 0 bridgehead atoms. The number of aliphatic hydroxyl groups is 1. The fourth-order valence-corrected chi connectivity index (χ4v) is 3.35. The van der Waals surface area contributed by atoms with Gasteiger partial charge in [-0.05, 0) is 24.6 Å². The number of quaternary nitrogens is 1. The highest BCUT2D eigenvalue weighted by Crippen LogP contribution is 2.39. The lowest BCUT2D eigenvalue weighted by molar-refractivity contribution is -0.858. The lowest BCUT2D eigenvalue weighted by Gasteiger charge is -2.27. The molecule has 1 aromatic carbocycles. The van der Waals surface area contributed by atoms with Crippen molar-refractivity contribution in [3.63, 3.8) is 0 Å². The van der Waals surface area contributed by atoms with E-state index in [2.05, 4.69) is 0 Å². The molecular weight excluding hydrogens is 344 g/mol. The van der Waals surface area contributed by atoms with Crippen LogP contribution in [0.25, 0.3) is 0 Å². The molecule has 1 aromatic heterocycles. The van der Waals surface area contributed by atoms with Crippen molar-refractivity contribution >= 4 is 11.7 Å². The maximum atomic E-state index is 12.9. The van der Waals surface area contributed by atoms with Crippen LogP contribution in [0.4, 0.5) is 0 Å². The maximum Gasteiger partial charge on any atom is 0.290 e. The van der Waals surface area contributed by atoms with Gasteiger partial charge in [0, 0.05) is 13.0 Å². The molecule has 2 N–H and O–H groups in total. The first-order valence-corrected chi connectivity index (χ1v) is 9.08. The Morgan fingerprint density at radius 1 is 1.22 bits per heavy atom. The summed E-state index contributed by atoms with van der Waals surface area (Å²) in [5.41, 5.74) is 1.96. The van der Waals surface area contributed by atoms with Crippen molar-refractivity contribution in [2.24, 2.45) is 0 Å². The smallest absolute Gasteiger partial charge is 0.290 e. The quantitative estimate of drug-likeness (QED) is 0.729. The van der Waals surface area contributed by atoms with Crippen molar-refractivity contribution in [2.75, 3.05) is 27.2 Å². The molecule has 142 valence electrons. The van der Waals surface area contributed by atoms with Crippen LogP contribution >= 0.6 is 0 Å². The van der Waals surface area contributed by atoms with Crippen LogP contribution in [-0.2, 0) is 4.79 Å². The summed E-state index contributed by atoms with van der Waals surface area (Å²) in [7, 11) is 4.09. The van der Waals surface area contributed by atoms with Crippen LogP contribution in [0, 0.1) is 6.92 Å². The van der Waals surface area contributed by atoms with Crippen LogP contribution in [0.5, 0.6) is 0 Å². The van der Waals surface area contributed by atoms with E-state index in [4.69, 9.17) is 4.42 Å². The number of furan rings is 1. The summed E-state index contributed by atoms with van der Waals surface area (Å²) in [5.74, 6) is -1.35. The van der Waals surface area contributed by atoms with E-state index in [-0.39, 0.29) is 11.3 Å². The van der Waals surface area contributed by atoms with Crippen LogP contribution in [0.2, 0.25) is 0 Å². The lowest BCUT2D eigenvalue weighted by Crippen LogP contribution is -3.05. The Kier molecular flexibility index (Phi) is 5.46. The number of benzene rings is 1. The number of ketones is 1. The minimum Gasteiger partial charge on any atom is -0.503 e. The van der Waals surface area contributed by atoms with Gasteiger partial charge in [0.15, 0.2) is 11.5 Å². The first-order valence-electron chi connectivity index (χ1n) is 9.08. The van der Waals surface area contributed by atoms with Gasteiger partial charge in [-0.2, -0.15) is 0 Å². The van der Waals surface area contributed by atoms with Gasteiger partial charge < -0.3 is 19.3 Å². The highest BCUT2D eigenvalue weighted by atomic mass is 16.3. The summed E-state index contributed by atoms with van der Waals surface area (Å²) in [5, 5.41) is 10.5. The number of Topliss-reactive ketones (excluding diaryl/α,β-unsaturated/α-hetero) is 1. The zero-order chi connectivity index (χ0) is 19.6. The Morgan fingerprint density at radius 2 is 1.93 bits per heavy atom. The van der Waals surface area contributed by atoms with Gasteiger partial charge in [0.2, 0.25) is 5.78 Å². The molecule has 6 heteroatoms. The second-order valence-electron chi connectivity index (χ2n) is 7.19. The number of nitrogens with one attached hydrogen (secondary N) is 1. The van der Waals surface area contributed by atoms with Gasteiger partial charge in [-0.3, -0.25) is 9.59 Å². The number of hydrogen-bond acceptors (Lipinski definition) is 4. The fraction of sp³-hybridized carbons (Fsp3) is 0.333. The van der Waals surface area contributed by atoms with Crippen LogP contribution in [0.15, 0.2) is 58.4 Å². The number of hydrogen-bond donors (Lipinski definition) is 2. The third kappa shape index (κ3) is 3.80. The molecule has 2 heterocycles. The Balaban J connectivity index is 1.99. The molecule has 6 nitrogen and oxygen atoms in total. The monoisotopic (exact) mass is 369 g/mol. The van der Waals surface area contributed by atoms with E-state index >= 15 is 0 Å². The second kappa shape index (κ2) is 7.80. The van der Waals surface area contributed by atoms with Gasteiger partial charge in [0.25, 0.3) is 5.91 Å². The van der Waals surface area contributed by atoms with Crippen molar-refractivity contribution in [1.82, 2.24) is 4.90 Å². The van der Waals surface area contributed by atoms with Crippen molar-refractivity contribution in [1.29, 1.82) is 0 Å². The van der Waals surface area contributed by atoms with Crippen LogP contribution in [-0.4, -0.2) is 48.9 Å². The average molecular weight is 369 g/mol. The highest BCUT2D eigenvalue weighted by molar-refractivity contribution is 6.14. The van der Waals surface area contributed by atoms with Crippen molar-refractivity contribution in [2.45, 2.75) is 19.4 Å². The Morgan fingerprint density at radius 3 is 2.52 bits per heavy atom. The summed E-state index contributed by atoms with van der Waals surface area (Å²) in [4.78, 5) is 28.6. The number of aliphatic hydroxyl groups excluding tert-OH is 1. The van der Waals surface area contributed by atoms with Gasteiger partial charge in [-0.1, -0.05) is 29.8 Å². The van der Waals surface area contributed by atoms with Crippen LogP contribution < -0.4 is 4.90 Å². The lowest BCUT2D eigenvalue weighted by atomic mass is 9.94. The predicted octanol–water partition coefficient (Wildman–Crippen LogP) is 1.70. The molecule has 2 aromatic rings. The van der Waals surface area contributed by atoms with Gasteiger partial charge in [0.05, 0.1) is 38.5 Å². The van der Waals surface area contributed by atoms with E-state index in [9.17, 15) is 14.7 Å². The van der Waals surface area contributed by atoms with E-state index < -0.39 is 23.5 Å². The molecule has 3 rings (SSSR count). The topological polar surface area (TPSA) is 75.2 Å². The fourth-order valence-electron chi connectivity index (χ4n) is 3.35. The molecule has 1 aliphatic rings. The molecule has 0 radical (unpaired) electrons. The number of rotatable bonds is 7. The Labute approximate surface area is 158 Å². The molecule has 1 atom stereocenters. The predicted molar refractivity (Wildman–Crippen MR) is 101 cm³/mol. The third-order valence-corrected chi connectivity index (χ3v) is 4.76. The molecular formula is C21H25N2O4+. The molecule has 0 saturated carbocycles. The van der Waals surface area contributed by atoms with Crippen molar-refractivity contribution in [3.8, 4) is 0 Å². The Bertz CT molecular complexity index is 851.